The number of para-hydroxylation sites is 1. The van der Waals surface area contributed by atoms with E-state index in [1.54, 1.807) is 30.3 Å². The van der Waals surface area contributed by atoms with Gasteiger partial charge in [-0.3, -0.25) is 0 Å². The van der Waals surface area contributed by atoms with E-state index in [1.807, 2.05) is 23.1 Å². The number of urea groups is 1. The van der Waals surface area contributed by atoms with E-state index in [0.717, 1.165) is 31.6 Å². The highest BCUT2D eigenvalue weighted by molar-refractivity contribution is 6.32. The number of carbonyl (C=O) groups is 1. The Morgan fingerprint density at radius 1 is 1.46 bits per heavy atom. The van der Waals surface area contributed by atoms with Crippen molar-refractivity contribution in [3.05, 3.63) is 41.7 Å². The number of anilines is 1. The Morgan fingerprint density at radius 3 is 3.08 bits per heavy atom. The molecule has 128 valence electrons. The summed E-state index contributed by atoms with van der Waals surface area (Å²) in [5.41, 5.74) is 1.42. The fourth-order valence-electron chi connectivity index (χ4n) is 2.98. The molecule has 2 amide bonds. The van der Waals surface area contributed by atoms with E-state index in [2.05, 4.69) is 10.4 Å². The minimum atomic E-state index is -0.102. The Labute approximate surface area is 146 Å². The monoisotopic (exact) mass is 348 g/mol. The van der Waals surface area contributed by atoms with Gasteiger partial charge in [-0.1, -0.05) is 23.7 Å². The van der Waals surface area contributed by atoms with Crippen LogP contribution in [0.3, 0.4) is 0 Å². The van der Waals surface area contributed by atoms with Crippen molar-refractivity contribution in [1.82, 2.24) is 14.7 Å². The number of halogens is 1. The third kappa shape index (κ3) is 3.88. The summed E-state index contributed by atoms with van der Waals surface area (Å²) >= 11 is 6.17. The number of hydrogen-bond donors (Lipinski definition) is 1. The van der Waals surface area contributed by atoms with Crippen LogP contribution in [0.15, 0.2) is 36.7 Å². The highest BCUT2D eigenvalue weighted by atomic mass is 35.5. The minimum absolute atomic E-state index is 0.102. The van der Waals surface area contributed by atoms with Gasteiger partial charge in [-0.2, -0.15) is 5.10 Å². The summed E-state index contributed by atoms with van der Waals surface area (Å²) in [6.45, 7) is 2.18. The third-order valence-electron chi connectivity index (χ3n) is 4.14. The van der Waals surface area contributed by atoms with Gasteiger partial charge in [0.25, 0.3) is 0 Å². The van der Waals surface area contributed by atoms with E-state index in [1.165, 1.54) is 0 Å². The minimum Gasteiger partial charge on any atom is -0.384 e. The van der Waals surface area contributed by atoms with Gasteiger partial charge in [0.15, 0.2) is 0 Å². The van der Waals surface area contributed by atoms with E-state index in [9.17, 15) is 4.79 Å². The van der Waals surface area contributed by atoms with Crippen LogP contribution in [0.5, 0.6) is 0 Å². The lowest BCUT2D eigenvalue weighted by atomic mass is 9.99. The van der Waals surface area contributed by atoms with Gasteiger partial charge in [0.2, 0.25) is 0 Å². The van der Waals surface area contributed by atoms with Gasteiger partial charge in [0.05, 0.1) is 35.4 Å². The highest BCUT2D eigenvalue weighted by Gasteiger charge is 2.23. The Hall–Kier alpha value is -2.05. The maximum absolute atomic E-state index is 12.4. The van der Waals surface area contributed by atoms with Crippen molar-refractivity contribution in [3.63, 3.8) is 0 Å². The molecule has 24 heavy (non-hydrogen) atoms. The standard InChI is InChI=1S/C17H21ClN4O2/c1-24-12-13-5-4-8-21(10-13)17(23)20-14-9-19-22(11-14)16-7-3-2-6-15(16)18/h2-3,6-7,9,11,13H,4-5,8,10,12H2,1H3,(H,20,23)/t13-/m1/s1. The van der Waals surface area contributed by atoms with Crippen molar-refractivity contribution in [1.29, 1.82) is 0 Å². The molecule has 1 N–H and O–H groups in total. The van der Waals surface area contributed by atoms with Crippen molar-refractivity contribution in [2.75, 3.05) is 32.1 Å². The lowest BCUT2D eigenvalue weighted by Gasteiger charge is -2.32. The van der Waals surface area contributed by atoms with Crippen molar-refractivity contribution < 1.29 is 9.53 Å². The Kier molecular flexibility index (Phi) is 5.37. The maximum atomic E-state index is 12.4. The van der Waals surface area contributed by atoms with Gasteiger partial charge in [-0.05, 0) is 25.0 Å². The molecule has 1 aromatic heterocycles. The summed E-state index contributed by atoms with van der Waals surface area (Å²) in [4.78, 5) is 14.3. The summed E-state index contributed by atoms with van der Waals surface area (Å²) in [6.07, 6.45) is 5.48. The lowest BCUT2D eigenvalue weighted by Crippen LogP contribution is -2.43. The molecule has 1 fully saturated rings. The number of benzene rings is 1. The molecular weight excluding hydrogens is 328 g/mol. The van der Waals surface area contributed by atoms with Crippen LogP contribution in [0, 0.1) is 5.92 Å². The number of amides is 2. The molecule has 1 aliphatic heterocycles. The van der Waals surface area contributed by atoms with E-state index >= 15 is 0 Å². The van der Waals surface area contributed by atoms with Gasteiger partial charge < -0.3 is 15.0 Å². The van der Waals surface area contributed by atoms with Crippen LogP contribution >= 0.6 is 11.6 Å². The molecule has 0 saturated carbocycles. The van der Waals surface area contributed by atoms with Crippen LogP contribution in [0.4, 0.5) is 10.5 Å². The molecule has 6 nitrogen and oxygen atoms in total. The van der Waals surface area contributed by atoms with Crippen LogP contribution in [-0.2, 0) is 4.74 Å². The number of piperidine rings is 1. The molecule has 0 unspecified atom stereocenters. The summed E-state index contributed by atoms with van der Waals surface area (Å²) in [5.74, 6) is 0.403. The molecular formula is C17H21ClN4O2. The number of ether oxygens (including phenoxy) is 1. The largest absolute Gasteiger partial charge is 0.384 e. The second-order valence-corrected chi connectivity index (χ2v) is 6.37. The molecule has 0 spiro atoms. The molecule has 3 rings (SSSR count). The van der Waals surface area contributed by atoms with Crippen LogP contribution in [0.2, 0.25) is 5.02 Å². The molecule has 0 aliphatic carbocycles. The zero-order valence-electron chi connectivity index (χ0n) is 13.6. The van der Waals surface area contributed by atoms with Gasteiger partial charge in [-0.15, -0.1) is 0 Å². The Morgan fingerprint density at radius 2 is 2.29 bits per heavy atom. The average Bonchev–Trinajstić information content (AvgIpc) is 3.04. The second kappa shape index (κ2) is 7.68. The molecule has 1 aliphatic rings. The molecule has 2 aromatic rings. The highest BCUT2D eigenvalue weighted by Crippen LogP contribution is 2.21. The van der Waals surface area contributed by atoms with E-state index in [0.29, 0.717) is 23.2 Å². The first kappa shape index (κ1) is 16.8. The molecule has 1 aromatic carbocycles. The topological polar surface area (TPSA) is 59.4 Å². The predicted molar refractivity (Wildman–Crippen MR) is 93.8 cm³/mol. The number of nitrogens with one attached hydrogen (secondary N) is 1. The fourth-order valence-corrected chi connectivity index (χ4v) is 3.20. The average molecular weight is 349 g/mol. The first-order chi connectivity index (χ1) is 11.7. The molecule has 2 heterocycles. The van der Waals surface area contributed by atoms with Crippen molar-refractivity contribution in [2.24, 2.45) is 5.92 Å². The molecule has 1 atom stereocenters. The van der Waals surface area contributed by atoms with Gasteiger partial charge in [0, 0.05) is 26.1 Å². The zero-order valence-corrected chi connectivity index (χ0v) is 14.4. The van der Waals surface area contributed by atoms with Crippen molar-refractivity contribution >= 4 is 23.3 Å². The van der Waals surface area contributed by atoms with Crippen LogP contribution in [0.1, 0.15) is 12.8 Å². The summed E-state index contributed by atoms with van der Waals surface area (Å²) in [7, 11) is 1.70. The maximum Gasteiger partial charge on any atom is 0.321 e. The first-order valence-corrected chi connectivity index (χ1v) is 8.39. The SMILES string of the molecule is COC[C@@H]1CCCN(C(=O)Nc2cnn(-c3ccccc3Cl)c2)C1. The van der Waals surface area contributed by atoms with Crippen LogP contribution in [0.25, 0.3) is 5.69 Å². The first-order valence-electron chi connectivity index (χ1n) is 8.02. The Bertz CT molecular complexity index is 701. The smallest absolute Gasteiger partial charge is 0.321 e. The quantitative estimate of drug-likeness (QED) is 0.921. The number of carbonyl (C=O) groups excluding carboxylic acids is 1. The number of aromatic nitrogens is 2. The number of methoxy groups -OCH3 is 1. The number of rotatable bonds is 4. The van der Waals surface area contributed by atoms with E-state index in [-0.39, 0.29) is 6.03 Å². The number of likely N-dealkylation sites (tertiary alicyclic amines) is 1. The van der Waals surface area contributed by atoms with Gasteiger partial charge in [0.1, 0.15) is 0 Å². The number of nitrogens with zero attached hydrogens (tertiary/aromatic N) is 3. The van der Waals surface area contributed by atoms with E-state index < -0.39 is 0 Å². The summed E-state index contributed by atoms with van der Waals surface area (Å²) < 4.78 is 6.86. The van der Waals surface area contributed by atoms with E-state index in [4.69, 9.17) is 16.3 Å². The van der Waals surface area contributed by atoms with Gasteiger partial charge in [-0.25, -0.2) is 9.48 Å². The normalized spacial score (nSPS) is 17.8. The number of hydrogen-bond acceptors (Lipinski definition) is 3. The van der Waals surface area contributed by atoms with Gasteiger partial charge >= 0.3 is 6.03 Å². The predicted octanol–water partition coefficient (Wildman–Crippen LogP) is 3.42. The Balaban J connectivity index is 1.64. The summed E-state index contributed by atoms with van der Waals surface area (Å²) in [6, 6.07) is 7.34. The third-order valence-corrected chi connectivity index (χ3v) is 4.46. The van der Waals surface area contributed by atoms with Crippen LogP contribution < -0.4 is 5.32 Å². The molecule has 7 heteroatoms. The second-order valence-electron chi connectivity index (χ2n) is 5.96. The zero-order chi connectivity index (χ0) is 16.9. The van der Waals surface area contributed by atoms with Crippen LogP contribution in [-0.4, -0.2) is 47.5 Å². The molecule has 0 radical (unpaired) electrons. The van der Waals surface area contributed by atoms with Crippen molar-refractivity contribution in [2.45, 2.75) is 12.8 Å². The fraction of sp³-hybridized carbons (Fsp3) is 0.412. The summed E-state index contributed by atoms with van der Waals surface area (Å²) in [5, 5.41) is 7.78. The van der Waals surface area contributed by atoms with Crippen molar-refractivity contribution in [3.8, 4) is 5.69 Å². The molecule has 1 saturated heterocycles. The molecule has 0 bridgehead atoms. The lowest BCUT2D eigenvalue weighted by molar-refractivity contribution is 0.104.